The number of carbonyl (C=O) groups is 2. The van der Waals surface area contributed by atoms with Crippen molar-refractivity contribution in [1.82, 2.24) is 15.0 Å². The number of ketones is 1. The average Bonchev–Trinajstić information content (AvgIpc) is 4.18. The molecule has 0 aliphatic carbocycles. The van der Waals surface area contributed by atoms with Crippen molar-refractivity contribution in [2.75, 3.05) is 5.33 Å². The van der Waals surface area contributed by atoms with Gasteiger partial charge in [-0.25, -0.2) is 23.7 Å². The van der Waals surface area contributed by atoms with Crippen molar-refractivity contribution in [3.05, 3.63) is 227 Å². The first-order chi connectivity index (χ1) is 34.3. The number of ether oxygens (including phenoxy) is 2. The van der Waals surface area contributed by atoms with Crippen LogP contribution in [0.3, 0.4) is 0 Å². The van der Waals surface area contributed by atoms with E-state index in [0.717, 1.165) is 56.9 Å². The first-order valence-electron chi connectivity index (χ1n) is 22.1. The van der Waals surface area contributed by atoms with Crippen LogP contribution < -0.4 is 10.5 Å². The minimum Gasteiger partial charge on any atom is -0.481 e. The highest BCUT2D eigenvalue weighted by Crippen LogP contribution is 2.26. The minimum atomic E-state index is -1.21. The predicted molar refractivity (Wildman–Crippen MR) is 276 cm³/mol. The van der Waals surface area contributed by atoms with Crippen molar-refractivity contribution in [1.29, 1.82) is 0 Å². The zero-order chi connectivity index (χ0) is 50.7. The smallest absolute Gasteiger partial charge is 0.254 e. The van der Waals surface area contributed by atoms with Gasteiger partial charge < -0.3 is 28.5 Å². The number of nitrogens with two attached hydrogens (primary N) is 1. The maximum absolute atomic E-state index is 14.1. The zero-order valence-corrected chi connectivity index (χ0v) is 42.5. The topological polar surface area (TPSA) is 157 Å². The van der Waals surface area contributed by atoms with Gasteiger partial charge in [-0.3, -0.25) is 9.59 Å². The standard InChI is InChI=1S/C18H14F2N2O3.C18H17NO2.C11H10BrNO.C9H9BrO/c1-10-2-4-11(5-3-10)13-8-25-15(22-13)9-24-14-7-6-12(19)16(17(14)20)18(21)23;1-14-7-9-16(10-8-14)17-12-21-18(19-17)13-20-11-15-5-3-2-4-6-15;1-8-2-4-9(5-3-8)10-7-14-11(6-12)13-10;1-7-2-4-8(5-3-7)9(11)6-10/h2-8H,9H2,1H3,(H2,21,23);2-10,12H,11,13H2,1H3;2-5,7H,6H2,1H3;2-5H,6H2,1H3. The number of hydrogen-bond acceptors (Lipinski definition) is 10. The van der Waals surface area contributed by atoms with Gasteiger partial charge in [0.05, 0.1) is 17.3 Å². The molecule has 15 heteroatoms. The number of carbonyl (C=O) groups excluding carboxylic acids is 2. The molecule has 3 aromatic heterocycles. The number of rotatable bonds is 14. The highest BCUT2D eigenvalue weighted by molar-refractivity contribution is 9.09. The molecule has 0 unspecified atom stereocenters. The first kappa shape index (κ1) is 53.0. The van der Waals surface area contributed by atoms with Crippen molar-refractivity contribution in [3.63, 3.8) is 0 Å². The summed E-state index contributed by atoms with van der Waals surface area (Å²) >= 11 is 6.42. The van der Waals surface area contributed by atoms with Gasteiger partial charge in [0.15, 0.2) is 24.0 Å². The van der Waals surface area contributed by atoms with E-state index in [9.17, 15) is 18.4 Å². The third-order valence-electron chi connectivity index (χ3n) is 10.3. The molecule has 9 aromatic rings. The molecule has 71 heavy (non-hydrogen) atoms. The number of aryl methyl sites for hydroxylation is 4. The summed E-state index contributed by atoms with van der Waals surface area (Å²) in [5.41, 5.74) is 16.2. The number of alkyl halides is 2. The molecule has 3 heterocycles. The van der Waals surface area contributed by atoms with E-state index in [1.165, 1.54) is 23.0 Å². The van der Waals surface area contributed by atoms with Gasteiger partial charge in [-0.2, -0.15) is 0 Å². The molecule has 1 amide bonds. The molecule has 0 aliphatic heterocycles. The van der Waals surface area contributed by atoms with Crippen LogP contribution in [0.25, 0.3) is 33.8 Å². The average molecular weight is 1090 g/mol. The van der Waals surface area contributed by atoms with Crippen molar-refractivity contribution < 1.29 is 41.1 Å². The molecule has 0 fully saturated rings. The monoisotopic (exact) mass is 1090 g/mol. The molecule has 0 spiro atoms. The molecule has 0 aliphatic rings. The number of oxazole rings is 3. The largest absolute Gasteiger partial charge is 0.481 e. The normalized spacial score (nSPS) is 10.5. The second-order valence-electron chi connectivity index (χ2n) is 15.9. The summed E-state index contributed by atoms with van der Waals surface area (Å²) in [6.45, 7) is 8.86. The quantitative estimate of drug-likeness (QED) is 0.0821. The lowest BCUT2D eigenvalue weighted by Gasteiger charge is -2.08. The number of halogens is 4. The van der Waals surface area contributed by atoms with E-state index in [1.807, 2.05) is 117 Å². The van der Waals surface area contributed by atoms with Gasteiger partial charge in [0.2, 0.25) is 17.7 Å². The minimum absolute atomic E-state index is 0.130. The Labute approximate surface area is 427 Å². The van der Waals surface area contributed by atoms with Crippen molar-refractivity contribution >= 4 is 43.6 Å². The Morgan fingerprint density at radius 1 is 0.549 bits per heavy atom. The Balaban J connectivity index is 0.000000162. The van der Waals surface area contributed by atoms with Gasteiger partial charge >= 0.3 is 0 Å². The van der Waals surface area contributed by atoms with Crippen LogP contribution in [0.1, 0.15) is 66.2 Å². The Morgan fingerprint density at radius 2 is 0.986 bits per heavy atom. The van der Waals surface area contributed by atoms with E-state index in [-0.39, 0.29) is 24.0 Å². The summed E-state index contributed by atoms with van der Waals surface area (Å²) in [7, 11) is 0. The number of aromatic nitrogens is 3. The second kappa shape index (κ2) is 26.6. The zero-order valence-electron chi connectivity index (χ0n) is 39.3. The van der Waals surface area contributed by atoms with Crippen molar-refractivity contribution in [2.24, 2.45) is 5.73 Å². The molecule has 0 radical (unpaired) electrons. The molecule has 9 rings (SSSR count). The van der Waals surface area contributed by atoms with E-state index >= 15 is 0 Å². The summed E-state index contributed by atoms with van der Waals surface area (Å²) in [4.78, 5) is 35.2. The number of Topliss-reactive ketones (excluding diaryl/α,β-unsaturated/α-hetero) is 1. The molecular weight excluding hydrogens is 1040 g/mol. The Morgan fingerprint density at radius 3 is 1.42 bits per heavy atom. The fraction of sp³-hybridized carbons (Fsp3) is 0.161. The summed E-state index contributed by atoms with van der Waals surface area (Å²) in [5.74, 6) is -2.08. The third kappa shape index (κ3) is 16.1. The highest BCUT2D eigenvalue weighted by Gasteiger charge is 2.20. The van der Waals surface area contributed by atoms with Crippen molar-refractivity contribution in [2.45, 2.75) is 52.8 Å². The lowest BCUT2D eigenvalue weighted by atomic mass is 10.1. The third-order valence-corrected chi connectivity index (χ3v) is 11.3. The molecule has 11 nitrogen and oxygen atoms in total. The molecule has 6 aromatic carbocycles. The van der Waals surface area contributed by atoms with Crippen LogP contribution >= 0.6 is 31.9 Å². The van der Waals surface area contributed by atoms with Crippen LogP contribution in [0.5, 0.6) is 5.75 Å². The number of hydrogen-bond donors (Lipinski definition) is 1. The Bertz CT molecular complexity index is 3090. The first-order valence-corrected chi connectivity index (χ1v) is 24.3. The number of amides is 1. The van der Waals surface area contributed by atoms with E-state index in [0.29, 0.717) is 41.3 Å². The van der Waals surface area contributed by atoms with Gasteiger partial charge in [-0.05, 0) is 45.4 Å². The fourth-order valence-electron chi connectivity index (χ4n) is 6.35. The highest BCUT2D eigenvalue weighted by atomic mass is 79.9. The number of benzene rings is 6. The number of nitrogens with zero attached hydrogens (tertiary/aromatic N) is 3. The molecule has 2 N–H and O–H groups in total. The molecular formula is C56H50Br2F2N4O7. The van der Waals surface area contributed by atoms with E-state index < -0.39 is 23.1 Å². The van der Waals surface area contributed by atoms with Crippen LogP contribution in [0.15, 0.2) is 172 Å². The fourth-order valence-corrected chi connectivity index (χ4v) is 6.94. The van der Waals surface area contributed by atoms with Gasteiger partial charge in [-0.15, -0.1) is 0 Å². The van der Waals surface area contributed by atoms with Crippen LogP contribution in [-0.4, -0.2) is 32.0 Å². The maximum Gasteiger partial charge on any atom is 0.254 e. The maximum atomic E-state index is 14.1. The summed E-state index contributed by atoms with van der Waals surface area (Å²) in [6.07, 6.45) is 4.81. The van der Waals surface area contributed by atoms with Gasteiger partial charge in [0, 0.05) is 22.3 Å². The molecule has 364 valence electrons. The van der Waals surface area contributed by atoms with Crippen molar-refractivity contribution in [3.8, 4) is 39.5 Å². The molecule has 0 saturated carbocycles. The molecule has 0 bridgehead atoms. The van der Waals surface area contributed by atoms with E-state index in [1.54, 1.807) is 12.5 Å². The van der Waals surface area contributed by atoms with Gasteiger partial charge in [-0.1, -0.05) is 182 Å². The Hall–Kier alpha value is -7.33. The predicted octanol–water partition coefficient (Wildman–Crippen LogP) is 14.1. The lowest BCUT2D eigenvalue weighted by molar-refractivity contribution is 0.0895. The summed E-state index contributed by atoms with van der Waals surface area (Å²) in [5, 5.41) is 1.05. The van der Waals surface area contributed by atoms with E-state index in [2.05, 4.69) is 84.9 Å². The summed E-state index contributed by atoms with van der Waals surface area (Å²) in [6, 6.07) is 43.7. The number of primary amides is 1. The van der Waals surface area contributed by atoms with Gasteiger partial charge in [0.1, 0.15) is 53.9 Å². The van der Waals surface area contributed by atoms with Crippen LogP contribution in [0, 0.1) is 39.3 Å². The second-order valence-corrected chi connectivity index (χ2v) is 17.0. The Kier molecular flexibility index (Phi) is 19.9. The molecule has 0 saturated heterocycles. The SMILES string of the molecule is Cc1ccc(-c2coc(CBr)n2)cc1.Cc1ccc(-c2coc(COCc3ccccc3)n2)cc1.Cc1ccc(-c2coc(COc3ccc(F)c(C(N)=O)c3F)n2)cc1.Cc1ccc(C(=O)CBr)cc1. The van der Waals surface area contributed by atoms with Crippen LogP contribution in [0.4, 0.5) is 8.78 Å². The van der Waals surface area contributed by atoms with Crippen LogP contribution in [-0.2, 0) is 29.9 Å². The lowest BCUT2D eigenvalue weighted by Crippen LogP contribution is -2.16. The molecule has 0 atom stereocenters. The van der Waals surface area contributed by atoms with E-state index in [4.69, 9.17) is 28.5 Å². The van der Waals surface area contributed by atoms with Crippen LogP contribution in [0.2, 0.25) is 0 Å². The van der Waals surface area contributed by atoms with Gasteiger partial charge in [0.25, 0.3) is 5.91 Å². The summed E-state index contributed by atoms with van der Waals surface area (Å²) < 4.78 is 54.3.